The van der Waals surface area contributed by atoms with Crippen molar-refractivity contribution in [3.8, 4) is 11.6 Å². The minimum atomic E-state index is 0.197. The minimum Gasteiger partial charge on any atom is -0.439 e. The van der Waals surface area contributed by atoms with Crippen LogP contribution in [0.5, 0.6) is 11.6 Å². The van der Waals surface area contributed by atoms with Gasteiger partial charge in [0.1, 0.15) is 5.75 Å². The van der Waals surface area contributed by atoms with E-state index in [0.717, 1.165) is 28.5 Å². The summed E-state index contributed by atoms with van der Waals surface area (Å²) in [6.45, 7) is 4.81. The Hall–Kier alpha value is -2.66. The van der Waals surface area contributed by atoms with Crippen LogP contribution < -0.4 is 10.1 Å². The second-order valence-corrected chi connectivity index (χ2v) is 5.80. The van der Waals surface area contributed by atoms with Crippen LogP contribution in [0, 0.1) is 6.92 Å². The van der Waals surface area contributed by atoms with Gasteiger partial charge < -0.3 is 10.1 Å². The lowest BCUT2D eigenvalue weighted by Crippen LogP contribution is -2.18. The van der Waals surface area contributed by atoms with Crippen LogP contribution in [0.15, 0.2) is 54.9 Å². The summed E-state index contributed by atoms with van der Waals surface area (Å²) in [5.41, 5.74) is 3.19. The molecule has 0 amide bonds. The van der Waals surface area contributed by atoms with Gasteiger partial charge in [-0.2, -0.15) is 5.10 Å². The highest BCUT2D eigenvalue weighted by Gasteiger charge is 2.16. The van der Waals surface area contributed by atoms with Crippen molar-refractivity contribution in [3.05, 3.63) is 71.7 Å². The predicted molar refractivity (Wildman–Crippen MR) is 94.0 cm³/mol. The Morgan fingerprint density at radius 2 is 1.96 bits per heavy atom. The molecule has 3 rings (SSSR count). The molecule has 0 unspecified atom stereocenters. The molecule has 5 nitrogen and oxygen atoms in total. The second kappa shape index (κ2) is 7.27. The van der Waals surface area contributed by atoms with Crippen LogP contribution >= 0.6 is 0 Å². The molecule has 3 aromatic rings. The summed E-state index contributed by atoms with van der Waals surface area (Å²) >= 11 is 0. The van der Waals surface area contributed by atoms with Crippen molar-refractivity contribution in [2.24, 2.45) is 7.05 Å². The molecule has 0 saturated carbocycles. The van der Waals surface area contributed by atoms with Crippen molar-refractivity contribution in [1.82, 2.24) is 20.1 Å². The zero-order chi connectivity index (χ0) is 16.9. The number of nitrogens with zero attached hydrogens (tertiary/aromatic N) is 3. The highest BCUT2D eigenvalue weighted by Crippen LogP contribution is 2.27. The molecular formula is C19H22N4O. The lowest BCUT2D eigenvalue weighted by Gasteiger charge is -2.15. The molecule has 1 atom stereocenters. The van der Waals surface area contributed by atoms with Crippen LogP contribution in [-0.2, 0) is 13.6 Å². The normalized spacial score (nSPS) is 12.1. The molecule has 2 heterocycles. The molecule has 0 aliphatic carbocycles. The highest BCUT2D eigenvalue weighted by molar-refractivity contribution is 5.35. The van der Waals surface area contributed by atoms with E-state index < -0.39 is 0 Å². The number of aromatic nitrogens is 3. The van der Waals surface area contributed by atoms with E-state index in [9.17, 15) is 0 Å². The largest absolute Gasteiger partial charge is 0.439 e. The maximum Gasteiger partial charge on any atom is 0.222 e. The van der Waals surface area contributed by atoms with Crippen LogP contribution in [0.25, 0.3) is 0 Å². The third-order valence-corrected chi connectivity index (χ3v) is 4.02. The summed E-state index contributed by atoms with van der Waals surface area (Å²) in [6, 6.07) is 14.0. The Bertz CT molecular complexity index is 784. The van der Waals surface area contributed by atoms with E-state index in [1.165, 1.54) is 0 Å². The van der Waals surface area contributed by atoms with Gasteiger partial charge in [-0.05, 0) is 37.6 Å². The highest BCUT2D eigenvalue weighted by atomic mass is 16.5. The van der Waals surface area contributed by atoms with Crippen molar-refractivity contribution < 1.29 is 4.74 Å². The van der Waals surface area contributed by atoms with Crippen LogP contribution in [0.2, 0.25) is 0 Å². The van der Waals surface area contributed by atoms with Gasteiger partial charge in [-0.15, -0.1) is 0 Å². The molecule has 0 spiro atoms. The maximum atomic E-state index is 6.05. The SMILES string of the molecule is Cc1nn(C)c(Oc2ccccc2)c1CN[C@@H](C)c1cccnc1. The fraction of sp³-hybridized carbons (Fsp3) is 0.263. The van der Waals surface area contributed by atoms with Gasteiger partial charge in [0.25, 0.3) is 0 Å². The first-order valence-corrected chi connectivity index (χ1v) is 8.04. The van der Waals surface area contributed by atoms with Crippen molar-refractivity contribution in [2.45, 2.75) is 26.4 Å². The molecular weight excluding hydrogens is 300 g/mol. The van der Waals surface area contributed by atoms with Crippen LogP contribution in [-0.4, -0.2) is 14.8 Å². The molecule has 0 saturated heterocycles. The summed E-state index contributed by atoms with van der Waals surface area (Å²) < 4.78 is 7.83. The zero-order valence-corrected chi connectivity index (χ0v) is 14.2. The van der Waals surface area contributed by atoms with Crippen LogP contribution in [0.1, 0.15) is 29.8 Å². The lowest BCUT2D eigenvalue weighted by atomic mass is 10.1. The second-order valence-electron chi connectivity index (χ2n) is 5.80. The van der Waals surface area contributed by atoms with E-state index in [1.807, 2.05) is 56.6 Å². The van der Waals surface area contributed by atoms with Crippen molar-refractivity contribution in [2.75, 3.05) is 0 Å². The number of para-hydroxylation sites is 1. The van der Waals surface area contributed by atoms with Gasteiger partial charge in [0.15, 0.2) is 0 Å². The van der Waals surface area contributed by atoms with E-state index in [2.05, 4.69) is 28.4 Å². The molecule has 1 N–H and O–H groups in total. The quantitative estimate of drug-likeness (QED) is 0.750. The number of ether oxygens (including phenoxy) is 1. The summed E-state index contributed by atoms with van der Waals surface area (Å²) in [5.74, 6) is 1.58. The Balaban J connectivity index is 1.76. The number of aryl methyl sites for hydroxylation is 2. The maximum absolute atomic E-state index is 6.05. The zero-order valence-electron chi connectivity index (χ0n) is 14.2. The predicted octanol–water partition coefficient (Wildman–Crippen LogP) is 3.77. The molecule has 0 radical (unpaired) electrons. The number of hydrogen-bond donors (Lipinski definition) is 1. The third kappa shape index (κ3) is 3.63. The first-order valence-electron chi connectivity index (χ1n) is 8.04. The number of rotatable bonds is 6. The smallest absolute Gasteiger partial charge is 0.222 e. The summed E-state index contributed by atoms with van der Waals surface area (Å²) in [6.07, 6.45) is 3.67. The number of hydrogen-bond acceptors (Lipinski definition) is 4. The Kier molecular flexibility index (Phi) is 4.91. The van der Waals surface area contributed by atoms with Gasteiger partial charge in [-0.1, -0.05) is 24.3 Å². The Morgan fingerprint density at radius 3 is 2.67 bits per heavy atom. The molecule has 24 heavy (non-hydrogen) atoms. The van der Waals surface area contributed by atoms with Crippen molar-refractivity contribution in [3.63, 3.8) is 0 Å². The van der Waals surface area contributed by atoms with E-state index in [1.54, 1.807) is 10.9 Å². The van der Waals surface area contributed by atoms with E-state index in [0.29, 0.717) is 6.54 Å². The van der Waals surface area contributed by atoms with Gasteiger partial charge in [0.2, 0.25) is 5.88 Å². The Morgan fingerprint density at radius 1 is 1.17 bits per heavy atom. The molecule has 0 aliphatic rings. The summed E-state index contributed by atoms with van der Waals surface area (Å²) in [4.78, 5) is 4.17. The van der Waals surface area contributed by atoms with Gasteiger partial charge >= 0.3 is 0 Å². The average molecular weight is 322 g/mol. The van der Waals surface area contributed by atoms with Gasteiger partial charge in [0, 0.05) is 32.0 Å². The third-order valence-electron chi connectivity index (χ3n) is 4.02. The first-order chi connectivity index (χ1) is 11.6. The summed E-state index contributed by atoms with van der Waals surface area (Å²) in [7, 11) is 1.90. The number of pyridine rings is 1. The molecule has 0 fully saturated rings. The lowest BCUT2D eigenvalue weighted by molar-refractivity contribution is 0.422. The standard InChI is InChI=1S/C19H22N4O/c1-14(16-8-7-11-20-12-16)21-13-18-15(2)22-23(3)19(18)24-17-9-5-4-6-10-17/h4-12,14,21H,13H2,1-3H3/t14-/m0/s1. The van der Waals surface area contributed by atoms with Crippen LogP contribution in [0.3, 0.4) is 0 Å². The molecule has 1 aromatic carbocycles. The van der Waals surface area contributed by atoms with E-state index >= 15 is 0 Å². The fourth-order valence-electron chi connectivity index (χ4n) is 2.62. The monoisotopic (exact) mass is 322 g/mol. The molecule has 2 aromatic heterocycles. The van der Waals surface area contributed by atoms with E-state index in [4.69, 9.17) is 4.74 Å². The van der Waals surface area contributed by atoms with Crippen molar-refractivity contribution >= 4 is 0 Å². The van der Waals surface area contributed by atoms with E-state index in [-0.39, 0.29) is 6.04 Å². The summed E-state index contributed by atoms with van der Waals surface area (Å²) in [5, 5.41) is 8.02. The molecule has 5 heteroatoms. The van der Waals surface area contributed by atoms with Gasteiger partial charge in [-0.3, -0.25) is 4.98 Å². The minimum absolute atomic E-state index is 0.197. The van der Waals surface area contributed by atoms with Gasteiger partial charge in [0.05, 0.1) is 11.3 Å². The average Bonchev–Trinajstić information content (AvgIpc) is 2.87. The Labute approximate surface area is 142 Å². The fourth-order valence-corrected chi connectivity index (χ4v) is 2.62. The molecule has 0 aliphatic heterocycles. The molecule has 124 valence electrons. The number of nitrogens with one attached hydrogen (secondary N) is 1. The van der Waals surface area contributed by atoms with Crippen molar-refractivity contribution in [1.29, 1.82) is 0 Å². The number of benzene rings is 1. The molecule has 0 bridgehead atoms. The topological polar surface area (TPSA) is 52.0 Å². The first kappa shape index (κ1) is 16.2. The van der Waals surface area contributed by atoms with Gasteiger partial charge in [-0.25, -0.2) is 4.68 Å². The van der Waals surface area contributed by atoms with Crippen LogP contribution in [0.4, 0.5) is 0 Å².